The standard InChI is InChI=1S/C23H24ClNO4/c1-25-10-8-16(9-11-25)21-17(14-26)13-20(29-2)22(23(21)28)19(27)7-6-15-4-3-5-18(24)12-15/h3-8,12-13,26,28H,9-11,14H2,1-2H3/b7-6+. The van der Waals surface area contributed by atoms with Crippen molar-refractivity contribution in [1.82, 2.24) is 4.90 Å². The van der Waals surface area contributed by atoms with Crippen molar-refractivity contribution >= 4 is 29.0 Å². The Kier molecular flexibility index (Phi) is 6.75. The summed E-state index contributed by atoms with van der Waals surface area (Å²) in [5.74, 6) is -0.326. The third-order valence-electron chi connectivity index (χ3n) is 4.99. The number of carbonyl (C=O) groups excluding carboxylic acids is 1. The highest BCUT2D eigenvalue weighted by molar-refractivity contribution is 6.30. The highest BCUT2D eigenvalue weighted by Crippen LogP contribution is 2.40. The molecule has 1 aliphatic heterocycles. The Morgan fingerprint density at radius 3 is 2.76 bits per heavy atom. The van der Waals surface area contributed by atoms with Gasteiger partial charge in [-0.25, -0.2) is 0 Å². The smallest absolute Gasteiger partial charge is 0.193 e. The maximum atomic E-state index is 12.9. The minimum Gasteiger partial charge on any atom is -0.506 e. The van der Waals surface area contributed by atoms with E-state index in [4.69, 9.17) is 16.3 Å². The molecule has 0 aromatic heterocycles. The van der Waals surface area contributed by atoms with Gasteiger partial charge in [0.2, 0.25) is 0 Å². The summed E-state index contributed by atoms with van der Waals surface area (Å²) in [6.45, 7) is 1.31. The van der Waals surface area contributed by atoms with Crippen LogP contribution in [0.5, 0.6) is 11.5 Å². The Morgan fingerprint density at radius 1 is 1.34 bits per heavy atom. The second-order valence-corrected chi connectivity index (χ2v) is 7.43. The number of aliphatic hydroxyl groups excluding tert-OH is 1. The zero-order chi connectivity index (χ0) is 21.0. The molecule has 5 nitrogen and oxygen atoms in total. The minimum atomic E-state index is -0.390. The van der Waals surface area contributed by atoms with Crippen molar-refractivity contribution in [2.24, 2.45) is 0 Å². The number of hydrogen-bond donors (Lipinski definition) is 2. The zero-order valence-electron chi connectivity index (χ0n) is 16.5. The van der Waals surface area contributed by atoms with Gasteiger partial charge < -0.3 is 19.8 Å². The molecule has 0 amide bonds. The first-order valence-corrected chi connectivity index (χ1v) is 9.72. The van der Waals surface area contributed by atoms with Crippen molar-refractivity contribution in [3.63, 3.8) is 0 Å². The van der Waals surface area contributed by atoms with Crippen LogP contribution in [0.25, 0.3) is 11.6 Å². The van der Waals surface area contributed by atoms with Gasteiger partial charge in [0.05, 0.1) is 13.7 Å². The predicted molar refractivity (Wildman–Crippen MR) is 115 cm³/mol. The molecule has 0 bridgehead atoms. The van der Waals surface area contributed by atoms with Crippen LogP contribution in [0.15, 0.2) is 42.5 Å². The number of rotatable bonds is 6. The number of allylic oxidation sites excluding steroid dienone is 1. The van der Waals surface area contributed by atoms with Crippen LogP contribution in [0.1, 0.15) is 33.5 Å². The molecule has 2 aromatic rings. The number of carbonyl (C=O) groups is 1. The van der Waals surface area contributed by atoms with Crippen LogP contribution in [0.3, 0.4) is 0 Å². The monoisotopic (exact) mass is 413 g/mol. The molecule has 0 saturated carbocycles. The predicted octanol–water partition coefficient (Wildman–Crippen LogP) is 4.16. The molecule has 3 rings (SSSR count). The van der Waals surface area contributed by atoms with E-state index in [-0.39, 0.29) is 23.7 Å². The number of phenolic OH excluding ortho intramolecular Hbond substituents is 1. The molecule has 0 radical (unpaired) electrons. The summed E-state index contributed by atoms with van der Waals surface area (Å²) in [7, 11) is 3.45. The van der Waals surface area contributed by atoms with Crippen molar-refractivity contribution in [3.05, 3.63) is 69.8 Å². The molecule has 29 heavy (non-hydrogen) atoms. The van der Waals surface area contributed by atoms with E-state index in [2.05, 4.69) is 4.90 Å². The van der Waals surface area contributed by atoms with Gasteiger partial charge in [0.1, 0.15) is 17.1 Å². The van der Waals surface area contributed by atoms with E-state index < -0.39 is 5.78 Å². The maximum absolute atomic E-state index is 12.9. The molecule has 0 spiro atoms. The van der Waals surface area contributed by atoms with Gasteiger partial charge in [-0.3, -0.25) is 4.79 Å². The van der Waals surface area contributed by atoms with Gasteiger partial charge >= 0.3 is 0 Å². The molecule has 1 heterocycles. The third-order valence-corrected chi connectivity index (χ3v) is 5.23. The Labute approximate surface area is 175 Å². The van der Waals surface area contributed by atoms with Crippen LogP contribution in [-0.2, 0) is 6.61 Å². The van der Waals surface area contributed by atoms with Gasteiger partial charge in [-0.1, -0.05) is 35.9 Å². The van der Waals surface area contributed by atoms with E-state index in [0.717, 1.165) is 30.6 Å². The number of methoxy groups -OCH3 is 1. The number of hydrogen-bond acceptors (Lipinski definition) is 5. The van der Waals surface area contributed by atoms with Crippen LogP contribution in [0.2, 0.25) is 5.02 Å². The SMILES string of the molecule is COc1cc(CO)c(C2=CCN(C)CC2)c(O)c1C(=O)/C=C/c1cccc(Cl)c1. The van der Waals surface area contributed by atoms with E-state index in [1.807, 2.05) is 19.2 Å². The molecular weight excluding hydrogens is 390 g/mol. The van der Waals surface area contributed by atoms with E-state index in [1.54, 1.807) is 30.3 Å². The average Bonchev–Trinajstić information content (AvgIpc) is 2.72. The number of ether oxygens (including phenoxy) is 1. The molecule has 152 valence electrons. The van der Waals surface area contributed by atoms with Gasteiger partial charge in [0.25, 0.3) is 0 Å². The Bertz CT molecular complexity index is 981. The van der Waals surface area contributed by atoms with E-state index in [0.29, 0.717) is 16.1 Å². The summed E-state index contributed by atoms with van der Waals surface area (Å²) in [5.41, 5.74) is 2.82. The van der Waals surface area contributed by atoms with Gasteiger partial charge in [-0.15, -0.1) is 0 Å². The zero-order valence-corrected chi connectivity index (χ0v) is 17.2. The number of aromatic hydroxyl groups is 1. The largest absolute Gasteiger partial charge is 0.506 e. The van der Waals surface area contributed by atoms with Crippen molar-refractivity contribution in [2.75, 3.05) is 27.2 Å². The van der Waals surface area contributed by atoms with Gasteiger partial charge in [0.15, 0.2) is 5.78 Å². The Hall–Kier alpha value is -2.60. The quantitative estimate of drug-likeness (QED) is 0.549. The fourth-order valence-corrected chi connectivity index (χ4v) is 3.64. The fourth-order valence-electron chi connectivity index (χ4n) is 3.44. The van der Waals surface area contributed by atoms with Crippen LogP contribution in [0.4, 0.5) is 0 Å². The van der Waals surface area contributed by atoms with Crippen LogP contribution >= 0.6 is 11.6 Å². The summed E-state index contributed by atoms with van der Waals surface area (Å²) >= 11 is 5.99. The van der Waals surface area contributed by atoms with Crippen molar-refractivity contribution in [3.8, 4) is 11.5 Å². The number of halogens is 1. The summed E-state index contributed by atoms with van der Waals surface area (Å²) in [6.07, 6.45) is 5.76. The number of ketones is 1. The lowest BCUT2D eigenvalue weighted by atomic mass is 9.90. The van der Waals surface area contributed by atoms with Gasteiger partial charge in [-0.2, -0.15) is 0 Å². The molecule has 2 N–H and O–H groups in total. The number of aliphatic hydroxyl groups is 1. The summed E-state index contributed by atoms with van der Waals surface area (Å²) in [5, 5.41) is 21.4. The first kappa shape index (κ1) is 21.1. The summed E-state index contributed by atoms with van der Waals surface area (Å²) < 4.78 is 5.35. The Balaban J connectivity index is 2.05. The molecule has 0 saturated heterocycles. The summed E-state index contributed by atoms with van der Waals surface area (Å²) in [6, 6.07) is 8.74. The molecular formula is C23H24ClNO4. The average molecular weight is 414 g/mol. The van der Waals surface area contributed by atoms with Gasteiger partial charge in [0, 0.05) is 23.7 Å². The normalized spacial score (nSPS) is 14.8. The summed E-state index contributed by atoms with van der Waals surface area (Å²) in [4.78, 5) is 15.1. The topological polar surface area (TPSA) is 70.0 Å². The minimum absolute atomic E-state index is 0.0813. The lowest BCUT2D eigenvalue weighted by molar-refractivity contribution is 0.104. The fraction of sp³-hybridized carbons (Fsp3) is 0.261. The first-order chi connectivity index (χ1) is 13.9. The molecule has 1 aliphatic rings. The van der Waals surface area contributed by atoms with E-state index >= 15 is 0 Å². The van der Waals surface area contributed by atoms with Crippen molar-refractivity contribution in [1.29, 1.82) is 0 Å². The molecule has 0 aliphatic carbocycles. The molecule has 0 unspecified atom stereocenters. The lowest BCUT2D eigenvalue weighted by Gasteiger charge is -2.25. The second kappa shape index (κ2) is 9.27. The molecule has 0 fully saturated rings. The van der Waals surface area contributed by atoms with Crippen LogP contribution < -0.4 is 4.74 Å². The second-order valence-electron chi connectivity index (χ2n) is 6.99. The Morgan fingerprint density at radius 2 is 2.14 bits per heavy atom. The number of nitrogens with zero attached hydrogens (tertiary/aromatic N) is 1. The number of benzene rings is 2. The maximum Gasteiger partial charge on any atom is 0.193 e. The van der Waals surface area contributed by atoms with E-state index in [1.165, 1.54) is 13.2 Å². The van der Waals surface area contributed by atoms with Crippen LogP contribution in [-0.4, -0.2) is 48.1 Å². The third kappa shape index (κ3) is 4.70. The lowest BCUT2D eigenvalue weighted by Crippen LogP contribution is -2.24. The van der Waals surface area contributed by atoms with Crippen LogP contribution in [0, 0.1) is 0 Å². The first-order valence-electron chi connectivity index (χ1n) is 9.34. The number of phenols is 1. The molecule has 6 heteroatoms. The molecule has 2 aromatic carbocycles. The van der Waals surface area contributed by atoms with Gasteiger partial charge in [-0.05, 0) is 54.4 Å². The molecule has 0 atom stereocenters. The van der Waals surface area contributed by atoms with E-state index in [9.17, 15) is 15.0 Å². The van der Waals surface area contributed by atoms with Crippen molar-refractivity contribution in [2.45, 2.75) is 13.0 Å². The highest BCUT2D eigenvalue weighted by atomic mass is 35.5. The number of likely N-dealkylation sites (N-methyl/N-ethyl adjacent to an activating group) is 1. The van der Waals surface area contributed by atoms with Crippen molar-refractivity contribution < 1.29 is 19.7 Å². The highest BCUT2D eigenvalue weighted by Gasteiger charge is 2.25.